The number of rotatable bonds is 2. The summed E-state index contributed by atoms with van der Waals surface area (Å²) in [5, 5.41) is 3.51. The summed E-state index contributed by atoms with van der Waals surface area (Å²) >= 11 is 8.15. The van der Waals surface area contributed by atoms with Crippen LogP contribution in [0.3, 0.4) is 0 Å². The topological polar surface area (TPSA) is 29.1 Å². The van der Waals surface area contributed by atoms with Crippen LogP contribution in [0.25, 0.3) is 0 Å². The van der Waals surface area contributed by atoms with E-state index in [1.54, 1.807) is 18.2 Å². The first-order valence-corrected chi connectivity index (χ1v) is 6.85. The summed E-state index contributed by atoms with van der Waals surface area (Å²) in [4.78, 5) is 12.0. The average molecular weight is 372 g/mol. The number of aryl methyl sites for hydroxylation is 1. The second-order valence-electron chi connectivity index (χ2n) is 3.92. The van der Waals surface area contributed by atoms with Gasteiger partial charge in [-0.05, 0) is 77.5 Å². The minimum absolute atomic E-state index is 0.129. The molecular formula is C14H11ClINO. The van der Waals surface area contributed by atoms with Crippen LogP contribution in [0.5, 0.6) is 0 Å². The van der Waals surface area contributed by atoms with Gasteiger partial charge < -0.3 is 5.32 Å². The molecule has 4 heteroatoms. The number of carbonyl (C=O) groups is 1. The minimum atomic E-state index is -0.129. The van der Waals surface area contributed by atoms with E-state index in [0.717, 1.165) is 14.8 Å². The molecule has 0 aliphatic carbocycles. The molecule has 18 heavy (non-hydrogen) atoms. The number of benzene rings is 2. The van der Waals surface area contributed by atoms with Gasteiger partial charge in [0.2, 0.25) is 0 Å². The van der Waals surface area contributed by atoms with Gasteiger partial charge in [0.25, 0.3) is 5.91 Å². The largest absolute Gasteiger partial charge is 0.322 e. The molecule has 0 unspecified atom stereocenters. The van der Waals surface area contributed by atoms with Gasteiger partial charge in [0.05, 0.1) is 0 Å². The van der Waals surface area contributed by atoms with Crippen molar-refractivity contribution in [2.75, 3.05) is 5.32 Å². The molecule has 0 atom stereocenters. The van der Waals surface area contributed by atoms with Crippen molar-refractivity contribution >= 4 is 45.8 Å². The quantitative estimate of drug-likeness (QED) is 0.774. The summed E-state index contributed by atoms with van der Waals surface area (Å²) in [5.41, 5.74) is 2.29. The number of nitrogens with one attached hydrogen (secondary N) is 1. The number of halogens is 2. The lowest BCUT2D eigenvalue weighted by Gasteiger charge is -2.06. The highest BCUT2D eigenvalue weighted by atomic mass is 127. The lowest BCUT2D eigenvalue weighted by molar-refractivity contribution is 0.102. The third-order valence-corrected chi connectivity index (χ3v) is 3.67. The Morgan fingerprint density at radius 1 is 1.17 bits per heavy atom. The standard InChI is InChI=1S/C14H11ClINO/c1-9-8-10(2-7-13(9)15)14(18)17-12-5-3-11(16)4-6-12/h2-8H,1H3,(H,17,18). The molecule has 2 aromatic carbocycles. The predicted octanol–water partition coefficient (Wildman–Crippen LogP) is 4.51. The molecule has 0 aromatic heterocycles. The van der Waals surface area contributed by atoms with Crippen molar-refractivity contribution < 1.29 is 4.79 Å². The highest BCUT2D eigenvalue weighted by Crippen LogP contribution is 2.18. The van der Waals surface area contributed by atoms with Crippen molar-refractivity contribution in [3.8, 4) is 0 Å². The van der Waals surface area contributed by atoms with Crippen LogP contribution < -0.4 is 5.32 Å². The molecule has 0 spiro atoms. The molecule has 0 saturated heterocycles. The van der Waals surface area contributed by atoms with Crippen molar-refractivity contribution in [2.45, 2.75) is 6.92 Å². The van der Waals surface area contributed by atoms with E-state index in [-0.39, 0.29) is 5.91 Å². The van der Waals surface area contributed by atoms with Crippen molar-refractivity contribution in [3.05, 3.63) is 62.2 Å². The van der Waals surface area contributed by atoms with E-state index in [9.17, 15) is 4.79 Å². The first kappa shape index (κ1) is 13.4. The van der Waals surface area contributed by atoms with E-state index in [2.05, 4.69) is 27.9 Å². The first-order valence-electron chi connectivity index (χ1n) is 5.39. The van der Waals surface area contributed by atoms with E-state index in [1.807, 2.05) is 31.2 Å². The van der Waals surface area contributed by atoms with Crippen LogP contribution in [0.4, 0.5) is 5.69 Å². The van der Waals surface area contributed by atoms with E-state index in [0.29, 0.717) is 10.6 Å². The highest BCUT2D eigenvalue weighted by Gasteiger charge is 2.07. The van der Waals surface area contributed by atoms with Crippen LogP contribution in [0, 0.1) is 10.5 Å². The molecule has 0 fully saturated rings. The van der Waals surface area contributed by atoms with Gasteiger partial charge in [-0.1, -0.05) is 11.6 Å². The average Bonchev–Trinajstić information content (AvgIpc) is 2.35. The van der Waals surface area contributed by atoms with E-state index < -0.39 is 0 Å². The van der Waals surface area contributed by atoms with E-state index in [1.165, 1.54) is 0 Å². The van der Waals surface area contributed by atoms with Crippen LogP contribution >= 0.6 is 34.2 Å². The maximum absolute atomic E-state index is 12.0. The van der Waals surface area contributed by atoms with Gasteiger partial charge in [-0.3, -0.25) is 4.79 Å². The molecule has 0 radical (unpaired) electrons. The predicted molar refractivity (Wildman–Crippen MR) is 83.3 cm³/mol. The Morgan fingerprint density at radius 2 is 1.83 bits per heavy atom. The molecule has 2 rings (SSSR count). The van der Waals surface area contributed by atoms with E-state index in [4.69, 9.17) is 11.6 Å². The summed E-state index contributed by atoms with van der Waals surface area (Å²) in [7, 11) is 0. The number of carbonyl (C=O) groups excluding carboxylic acids is 1. The number of hydrogen-bond acceptors (Lipinski definition) is 1. The zero-order valence-corrected chi connectivity index (χ0v) is 12.6. The third kappa shape index (κ3) is 3.23. The smallest absolute Gasteiger partial charge is 0.255 e. The summed E-state index contributed by atoms with van der Waals surface area (Å²) in [6.45, 7) is 1.88. The summed E-state index contributed by atoms with van der Waals surface area (Å²) in [6.07, 6.45) is 0. The SMILES string of the molecule is Cc1cc(C(=O)Nc2ccc(I)cc2)ccc1Cl. The molecular weight excluding hydrogens is 361 g/mol. The lowest BCUT2D eigenvalue weighted by Crippen LogP contribution is -2.11. The Labute approximate surface area is 124 Å². The Bertz CT molecular complexity index is 581. The van der Waals surface area contributed by atoms with Crippen LogP contribution in [-0.4, -0.2) is 5.91 Å². The molecule has 2 nitrogen and oxygen atoms in total. The number of hydrogen-bond donors (Lipinski definition) is 1. The summed E-state index contributed by atoms with van der Waals surface area (Å²) in [5.74, 6) is -0.129. The molecule has 0 saturated carbocycles. The molecule has 0 bridgehead atoms. The molecule has 1 N–H and O–H groups in total. The van der Waals surface area contributed by atoms with Gasteiger partial charge in [-0.2, -0.15) is 0 Å². The minimum Gasteiger partial charge on any atom is -0.322 e. The Balaban J connectivity index is 2.16. The lowest BCUT2D eigenvalue weighted by atomic mass is 10.1. The Kier molecular flexibility index (Phi) is 4.24. The van der Waals surface area contributed by atoms with Crippen molar-refractivity contribution in [3.63, 3.8) is 0 Å². The summed E-state index contributed by atoms with van der Waals surface area (Å²) in [6, 6.07) is 12.9. The van der Waals surface area contributed by atoms with Gasteiger partial charge in [-0.25, -0.2) is 0 Å². The van der Waals surface area contributed by atoms with Gasteiger partial charge in [0.1, 0.15) is 0 Å². The maximum atomic E-state index is 12.0. The van der Waals surface area contributed by atoms with Gasteiger partial charge in [-0.15, -0.1) is 0 Å². The van der Waals surface area contributed by atoms with Crippen LogP contribution in [-0.2, 0) is 0 Å². The third-order valence-electron chi connectivity index (χ3n) is 2.52. The van der Waals surface area contributed by atoms with Crippen molar-refractivity contribution in [1.82, 2.24) is 0 Å². The Hall–Kier alpha value is -1.07. The maximum Gasteiger partial charge on any atom is 0.255 e. The number of amides is 1. The van der Waals surface area contributed by atoms with Gasteiger partial charge in [0, 0.05) is 19.8 Å². The normalized spacial score (nSPS) is 10.2. The fourth-order valence-corrected chi connectivity index (χ4v) is 2.00. The molecule has 2 aromatic rings. The Morgan fingerprint density at radius 3 is 2.44 bits per heavy atom. The fourth-order valence-electron chi connectivity index (χ4n) is 1.52. The second kappa shape index (κ2) is 5.71. The van der Waals surface area contributed by atoms with Crippen molar-refractivity contribution in [2.24, 2.45) is 0 Å². The highest BCUT2D eigenvalue weighted by molar-refractivity contribution is 14.1. The molecule has 1 amide bonds. The van der Waals surface area contributed by atoms with Gasteiger partial charge >= 0.3 is 0 Å². The van der Waals surface area contributed by atoms with Gasteiger partial charge in [0.15, 0.2) is 0 Å². The van der Waals surface area contributed by atoms with Crippen LogP contribution in [0.15, 0.2) is 42.5 Å². The molecule has 0 aliphatic rings. The second-order valence-corrected chi connectivity index (χ2v) is 5.58. The molecule has 0 aliphatic heterocycles. The zero-order chi connectivity index (χ0) is 13.1. The fraction of sp³-hybridized carbons (Fsp3) is 0.0714. The first-order chi connectivity index (χ1) is 8.56. The van der Waals surface area contributed by atoms with Crippen molar-refractivity contribution in [1.29, 1.82) is 0 Å². The molecule has 0 heterocycles. The zero-order valence-electron chi connectivity index (χ0n) is 9.71. The van der Waals surface area contributed by atoms with Crippen LogP contribution in [0.2, 0.25) is 5.02 Å². The summed E-state index contributed by atoms with van der Waals surface area (Å²) < 4.78 is 1.13. The van der Waals surface area contributed by atoms with Crippen LogP contribution in [0.1, 0.15) is 15.9 Å². The molecule has 92 valence electrons. The monoisotopic (exact) mass is 371 g/mol. The number of anilines is 1. The van der Waals surface area contributed by atoms with E-state index >= 15 is 0 Å².